The van der Waals surface area contributed by atoms with Gasteiger partial charge in [0.25, 0.3) is 0 Å². The summed E-state index contributed by atoms with van der Waals surface area (Å²) in [6.07, 6.45) is 7.54. The molecule has 0 radical (unpaired) electrons. The van der Waals surface area contributed by atoms with E-state index in [2.05, 4.69) is 71.4 Å². The van der Waals surface area contributed by atoms with Crippen molar-refractivity contribution in [2.24, 2.45) is 0 Å². The lowest BCUT2D eigenvalue weighted by atomic mass is 9.98. The summed E-state index contributed by atoms with van der Waals surface area (Å²) in [5.74, 6) is 0. The fraction of sp³-hybridized carbons (Fsp3) is 0.480. The van der Waals surface area contributed by atoms with Gasteiger partial charge in [-0.3, -0.25) is 0 Å². The van der Waals surface area contributed by atoms with E-state index < -0.39 is 0 Å². The number of anilines is 2. The number of thiocarbonyl (C=S) groups is 1. The zero-order chi connectivity index (χ0) is 20.2. The Morgan fingerprint density at radius 1 is 1.14 bits per heavy atom. The summed E-state index contributed by atoms with van der Waals surface area (Å²) in [7, 11) is 0. The van der Waals surface area contributed by atoms with Crippen LogP contribution < -0.4 is 10.2 Å². The minimum absolute atomic E-state index is 0.544. The fourth-order valence-corrected chi connectivity index (χ4v) is 5.16. The molecule has 0 unspecified atom stereocenters. The quantitative estimate of drug-likeness (QED) is 0.621. The molecule has 4 rings (SSSR count). The average molecular weight is 408 g/mol. The number of rotatable bonds is 5. The van der Waals surface area contributed by atoms with Crippen molar-refractivity contribution < 1.29 is 0 Å². The first kappa shape index (κ1) is 20.2. The number of benzene rings is 2. The van der Waals surface area contributed by atoms with Gasteiger partial charge in [0.15, 0.2) is 5.11 Å². The van der Waals surface area contributed by atoms with Crippen LogP contribution in [0.5, 0.6) is 0 Å². The van der Waals surface area contributed by atoms with E-state index in [0.29, 0.717) is 6.04 Å². The fourth-order valence-electron chi connectivity index (χ4n) is 4.83. The highest BCUT2D eigenvalue weighted by molar-refractivity contribution is 7.80. The number of nitrogens with one attached hydrogen (secondary N) is 1. The molecule has 2 aliphatic rings. The first-order valence-corrected chi connectivity index (χ1v) is 11.6. The molecule has 1 aliphatic carbocycles. The first-order valence-electron chi connectivity index (χ1n) is 11.2. The Hall–Kier alpha value is -2.07. The van der Waals surface area contributed by atoms with Gasteiger partial charge >= 0.3 is 0 Å². The SMILES string of the molecule is CCN1CCCc2cc(CN(C(=S)Nc3ccccc3C)C3CCCC3)ccc21. The van der Waals surface area contributed by atoms with Crippen LogP contribution in [0.3, 0.4) is 0 Å². The van der Waals surface area contributed by atoms with Gasteiger partial charge in [0, 0.05) is 37.1 Å². The summed E-state index contributed by atoms with van der Waals surface area (Å²) in [5, 5.41) is 4.40. The third-order valence-corrected chi connectivity index (χ3v) is 6.84. The lowest BCUT2D eigenvalue weighted by Crippen LogP contribution is -2.41. The zero-order valence-electron chi connectivity index (χ0n) is 17.8. The van der Waals surface area contributed by atoms with Crippen molar-refractivity contribution in [1.82, 2.24) is 4.90 Å². The van der Waals surface area contributed by atoms with Crippen molar-refractivity contribution in [3.05, 3.63) is 59.2 Å². The van der Waals surface area contributed by atoms with Gasteiger partial charge < -0.3 is 15.1 Å². The van der Waals surface area contributed by atoms with E-state index in [4.69, 9.17) is 12.2 Å². The molecule has 0 amide bonds. The van der Waals surface area contributed by atoms with Gasteiger partial charge in [-0.25, -0.2) is 0 Å². The second-order valence-electron chi connectivity index (χ2n) is 8.46. The Labute approximate surface area is 181 Å². The molecule has 29 heavy (non-hydrogen) atoms. The number of hydrogen-bond acceptors (Lipinski definition) is 2. The lowest BCUT2D eigenvalue weighted by molar-refractivity contribution is 0.312. The molecule has 0 aromatic heterocycles. The molecule has 4 heteroatoms. The second-order valence-corrected chi connectivity index (χ2v) is 8.84. The molecule has 0 bridgehead atoms. The highest BCUT2D eigenvalue weighted by Crippen LogP contribution is 2.30. The Morgan fingerprint density at radius 3 is 2.69 bits per heavy atom. The van der Waals surface area contributed by atoms with E-state index in [9.17, 15) is 0 Å². The average Bonchev–Trinajstić information content (AvgIpc) is 3.27. The van der Waals surface area contributed by atoms with Crippen LogP contribution in [0.4, 0.5) is 11.4 Å². The largest absolute Gasteiger partial charge is 0.372 e. The van der Waals surface area contributed by atoms with Crippen LogP contribution in [0.15, 0.2) is 42.5 Å². The molecule has 154 valence electrons. The van der Waals surface area contributed by atoms with Gasteiger partial charge in [0.2, 0.25) is 0 Å². The van der Waals surface area contributed by atoms with E-state index in [-0.39, 0.29) is 0 Å². The summed E-state index contributed by atoms with van der Waals surface area (Å²) in [5.41, 5.74) is 6.65. The molecule has 0 spiro atoms. The lowest BCUT2D eigenvalue weighted by Gasteiger charge is -2.34. The summed E-state index contributed by atoms with van der Waals surface area (Å²) in [4.78, 5) is 4.94. The molecule has 3 nitrogen and oxygen atoms in total. The monoisotopic (exact) mass is 407 g/mol. The summed E-state index contributed by atoms with van der Waals surface area (Å²) in [6, 6.07) is 16.0. The van der Waals surface area contributed by atoms with E-state index in [0.717, 1.165) is 23.9 Å². The second kappa shape index (κ2) is 9.17. The highest BCUT2D eigenvalue weighted by atomic mass is 32.1. The molecule has 1 N–H and O–H groups in total. The van der Waals surface area contributed by atoms with Crippen molar-refractivity contribution >= 4 is 28.7 Å². The third-order valence-electron chi connectivity index (χ3n) is 6.51. The topological polar surface area (TPSA) is 18.5 Å². The van der Waals surface area contributed by atoms with Crippen LogP contribution in [-0.4, -0.2) is 29.1 Å². The molecular formula is C25H33N3S. The Bertz CT molecular complexity index is 857. The molecule has 1 fully saturated rings. The van der Waals surface area contributed by atoms with Crippen LogP contribution in [0.25, 0.3) is 0 Å². The standard InChI is InChI=1S/C25H33N3S/c1-3-27-16-8-10-21-17-20(14-15-24(21)27)18-28(22-11-5-6-12-22)25(29)26-23-13-7-4-9-19(23)2/h4,7,9,13-15,17,22H,3,5-6,8,10-12,16,18H2,1-2H3,(H,26,29). The minimum atomic E-state index is 0.544. The Kier molecular flexibility index (Phi) is 6.39. The number of hydrogen-bond donors (Lipinski definition) is 1. The number of aryl methyl sites for hydroxylation is 2. The summed E-state index contributed by atoms with van der Waals surface area (Å²) in [6.45, 7) is 7.54. The maximum Gasteiger partial charge on any atom is 0.173 e. The van der Waals surface area contributed by atoms with E-state index in [1.54, 1.807) is 0 Å². The van der Waals surface area contributed by atoms with Crippen LogP contribution in [0, 0.1) is 6.92 Å². The predicted molar refractivity (Wildman–Crippen MR) is 128 cm³/mol. The normalized spacial score (nSPS) is 16.6. The number of nitrogens with zero attached hydrogens (tertiary/aromatic N) is 2. The van der Waals surface area contributed by atoms with E-state index >= 15 is 0 Å². The van der Waals surface area contributed by atoms with Crippen LogP contribution in [0.1, 0.15) is 55.7 Å². The van der Waals surface area contributed by atoms with Crippen molar-refractivity contribution in [2.75, 3.05) is 23.3 Å². The van der Waals surface area contributed by atoms with Crippen LogP contribution >= 0.6 is 12.2 Å². The molecule has 0 atom stereocenters. The molecule has 0 saturated heterocycles. The van der Waals surface area contributed by atoms with Gasteiger partial charge in [-0.2, -0.15) is 0 Å². The van der Waals surface area contributed by atoms with Crippen LogP contribution in [0.2, 0.25) is 0 Å². The maximum atomic E-state index is 5.92. The van der Waals surface area contributed by atoms with E-state index in [1.165, 1.54) is 67.4 Å². The Morgan fingerprint density at radius 2 is 1.93 bits per heavy atom. The Balaban J connectivity index is 1.55. The van der Waals surface area contributed by atoms with Crippen LogP contribution in [-0.2, 0) is 13.0 Å². The van der Waals surface area contributed by atoms with Crippen molar-refractivity contribution in [3.8, 4) is 0 Å². The predicted octanol–water partition coefficient (Wildman–Crippen LogP) is 5.91. The molecule has 2 aromatic carbocycles. The summed E-state index contributed by atoms with van der Waals surface area (Å²) >= 11 is 5.92. The smallest absolute Gasteiger partial charge is 0.173 e. The van der Waals surface area contributed by atoms with Crippen molar-refractivity contribution in [3.63, 3.8) is 0 Å². The molecule has 1 heterocycles. The summed E-state index contributed by atoms with van der Waals surface area (Å²) < 4.78 is 0. The molecule has 1 saturated carbocycles. The maximum absolute atomic E-state index is 5.92. The molecule has 2 aromatic rings. The highest BCUT2D eigenvalue weighted by Gasteiger charge is 2.25. The molecular weight excluding hydrogens is 374 g/mol. The first-order chi connectivity index (χ1) is 14.2. The number of para-hydroxylation sites is 1. The van der Waals surface area contributed by atoms with Gasteiger partial charge in [-0.15, -0.1) is 0 Å². The molecule has 1 aliphatic heterocycles. The van der Waals surface area contributed by atoms with E-state index in [1.807, 2.05) is 0 Å². The zero-order valence-corrected chi connectivity index (χ0v) is 18.6. The van der Waals surface area contributed by atoms with Crippen molar-refractivity contribution in [1.29, 1.82) is 0 Å². The van der Waals surface area contributed by atoms with Gasteiger partial charge in [-0.05, 0) is 80.6 Å². The van der Waals surface area contributed by atoms with Gasteiger partial charge in [-0.1, -0.05) is 43.2 Å². The van der Waals surface area contributed by atoms with Gasteiger partial charge in [0.05, 0.1) is 0 Å². The minimum Gasteiger partial charge on any atom is -0.372 e. The van der Waals surface area contributed by atoms with Gasteiger partial charge in [0.1, 0.15) is 0 Å². The third kappa shape index (κ3) is 4.58. The number of fused-ring (bicyclic) bond motifs is 1. The van der Waals surface area contributed by atoms with Crippen molar-refractivity contribution in [2.45, 2.75) is 65.0 Å².